The summed E-state index contributed by atoms with van der Waals surface area (Å²) in [6.07, 6.45) is 1.68. The van der Waals surface area contributed by atoms with Gasteiger partial charge in [-0.25, -0.2) is 0 Å². The van der Waals surface area contributed by atoms with E-state index < -0.39 is 0 Å². The minimum absolute atomic E-state index is 0.00376. The van der Waals surface area contributed by atoms with Gasteiger partial charge in [0.2, 0.25) is 5.91 Å². The molecule has 3 nitrogen and oxygen atoms in total. The molecule has 2 aromatic carbocycles. The van der Waals surface area contributed by atoms with Crippen LogP contribution in [0.3, 0.4) is 0 Å². The van der Waals surface area contributed by atoms with Gasteiger partial charge in [-0.2, -0.15) is 0 Å². The molecule has 0 unspecified atom stereocenters. The molecule has 0 radical (unpaired) electrons. The van der Waals surface area contributed by atoms with Gasteiger partial charge in [-0.05, 0) is 36.1 Å². The molecule has 1 amide bonds. The fraction of sp³-hybridized carbons (Fsp3) is 0.278. The number of carbonyl (C=O) groups is 1. The standard InChI is InChI=1S/C18H19Cl2NO2/c1-23-16-8-3-2-5-13(16)11-12-21-17(22)10-9-14-6-4-7-15(19)18(14)20/h2-8H,9-12H2,1H3,(H,21,22). The monoisotopic (exact) mass is 351 g/mol. The average molecular weight is 352 g/mol. The number of carbonyl (C=O) groups excluding carboxylic acids is 1. The number of amides is 1. The molecule has 0 bridgehead atoms. The van der Waals surface area contributed by atoms with E-state index in [0.717, 1.165) is 23.3 Å². The van der Waals surface area contributed by atoms with Crippen molar-refractivity contribution in [2.24, 2.45) is 0 Å². The lowest BCUT2D eigenvalue weighted by Gasteiger charge is -2.09. The third kappa shape index (κ3) is 5.15. The Bertz CT molecular complexity index is 674. The fourth-order valence-electron chi connectivity index (χ4n) is 2.32. The van der Waals surface area contributed by atoms with E-state index in [0.29, 0.717) is 29.4 Å². The molecule has 0 aliphatic heterocycles. The Morgan fingerprint density at radius 1 is 1.04 bits per heavy atom. The first-order chi connectivity index (χ1) is 11.1. The largest absolute Gasteiger partial charge is 0.496 e. The lowest BCUT2D eigenvalue weighted by atomic mass is 10.1. The summed E-state index contributed by atoms with van der Waals surface area (Å²) in [6.45, 7) is 0.572. The second-order valence-electron chi connectivity index (χ2n) is 5.12. The molecule has 0 fully saturated rings. The summed E-state index contributed by atoms with van der Waals surface area (Å²) in [5.41, 5.74) is 1.97. The predicted molar refractivity (Wildman–Crippen MR) is 94.5 cm³/mol. The number of hydrogen-bond donors (Lipinski definition) is 1. The molecular formula is C18H19Cl2NO2. The Hall–Kier alpha value is -1.71. The van der Waals surface area contributed by atoms with Gasteiger partial charge >= 0.3 is 0 Å². The van der Waals surface area contributed by atoms with Crippen molar-refractivity contribution < 1.29 is 9.53 Å². The van der Waals surface area contributed by atoms with Crippen LogP contribution in [-0.4, -0.2) is 19.6 Å². The highest BCUT2D eigenvalue weighted by molar-refractivity contribution is 6.42. The lowest BCUT2D eigenvalue weighted by Crippen LogP contribution is -2.26. The molecule has 0 spiro atoms. The number of methoxy groups -OCH3 is 1. The van der Waals surface area contributed by atoms with E-state index in [1.54, 1.807) is 13.2 Å². The van der Waals surface area contributed by atoms with Gasteiger partial charge in [-0.15, -0.1) is 0 Å². The zero-order chi connectivity index (χ0) is 16.7. The van der Waals surface area contributed by atoms with Crippen molar-refractivity contribution in [1.29, 1.82) is 0 Å². The minimum Gasteiger partial charge on any atom is -0.496 e. The number of aryl methyl sites for hydroxylation is 1. The number of para-hydroxylation sites is 1. The summed E-state index contributed by atoms with van der Waals surface area (Å²) in [6, 6.07) is 13.3. The van der Waals surface area contributed by atoms with Crippen LogP contribution in [0.25, 0.3) is 0 Å². The van der Waals surface area contributed by atoms with E-state index in [2.05, 4.69) is 5.32 Å². The predicted octanol–water partition coefficient (Wildman–Crippen LogP) is 4.29. The van der Waals surface area contributed by atoms with Crippen LogP contribution >= 0.6 is 23.2 Å². The smallest absolute Gasteiger partial charge is 0.220 e. The number of ether oxygens (including phenoxy) is 1. The van der Waals surface area contributed by atoms with Gasteiger partial charge in [0, 0.05) is 13.0 Å². The molecule has 122 valence electrons. The van der Waals surface area contributed by atoms with Crippen molar-refractivity contribution in [3.8, 4) is 5.75 Å². The lowest BCUT2D eigenvalue weighted by molar-refractivity contribution is -0.121. The first kappa shape index (κ1) is 17.6. The third-order valence-corrected chi connectivity index (χ3v) is 4.42. The number of hydrogen-bond acceptors (Lipinski definition) is 2. The maximum absolute atomic E-state index is 11.9. The molecule has 2 rings (SSSR count). The average Bonchev–Trinajstić information content (AvgIpc) is 2.56. The highest BCUT2D eigenvalue weighted by Gasteiger charge is 2.08. The first-order valence-corrected chi connectivity index (χ1v) is 8.19. The Kier molecular flexibility index (Phi) is 6.75. The maximum atomic E-state index is 11.9. The molecular weight excluding hydrogens is 333 g/mol. The van der Waals surface area contributed by atoms with Crippen LogP contribution in [-0.2, 0) is 17.6 Å². The van der Waals surface area contributed by atoms with Crippen LogP contribution in [0.1, 0.15) is 17.5 Å². The second-order valence-corrected chi connectivity index (χ2v) is 5.91. The molecule has 0 aliphatic rings. The van der Waals surface area contributed by atoms with Crippen molar-refractivity contribution >= 4 is 29.1 Å². The zero-order valence-electron chi connectivity index (χ0n) is 12.9. The molecule has 0 aromatic heterocycles. The van der Waals surface area contributed by atoms with Crippen molar-refractivity contribution in [1.82, 2.24) is 5.32 Å². The normalized spacial score (nSPS) is 10.4. The zero-order valence-corrected chi connectivity index (χ0v) is 14.5. The summed E-state index contributed by atoms with van der Waals surface area (Å²) in [4.78, 5) is 11.9. The van der Waals surface area contributed by atoms with E-state index in [1.807, 2.05) is 36.4 Å². The van der Waals surface area contributed by atoms with Crippen molar-refractivity contribution in [3.63, 3.8) is 0 Å². The first-order valence-electron chi connectivity index (χ1n) is 7.43. The topological polar surface area (TPSA) is 38.3 Å². The Balaban J connectivity index is 1.78. The molecule has 0 saturated carbocycles. The van der Waals surface area contributed by atoms with Crippen molar-refractivity contribution in [3.05, 3.63) is 63.6 Å². The highest BCUT2D eigenvalue weighted by Crippen LogP contribution is 2.26. The van der Waals surface area contributed by atoms with Gasteiger partial charge in [0.25, 0.3) is 0 Å². The van der Waals surface area contributed by atoms with Crippen LogP contribution in [0.15, 0.2) is 42.5 Å². The number of rotatable bonds is 7. The van der Waals surface area contributed by atoms with Gasteiger partial charge in [0.1, 0.15) is 5.75 Å². The second kappa shape index (κ2) is 8.80. The van der Waals surface area contributed by atoms with Gasteiger partial charge in [-0.3, -0.25) is 4.79 Å². The Labute approximate surface area is 146 Å². The van der Waals surface area contributed by atoms with Crippen molar-refractivity contribution in [2.75, 3.05) is 13.7 Å². The molecule has 5 heteroatoms. The number of benzene rings is 2. The van der Waals surface area contributed by atoms with Crippen LogP contribution in [0.5, 0.6) is 5.75 Å². The van der Waals surface area contributed by atoms with Crippen LogP contribution in [0.4, 0.5) is 0 Å². The van der Waals surface area contributed by atoms with Gasteiger partial charge in [0.15, 0.2) is 0 Å². The molecule has 0 heterocycles. The van der Waals surface area contributed by atoms with E-state index in [4.69, 9.17) is 27.9 Å². The van der Waals surface area contributed by atoms with Gasteiger partial charge < -0.3 is 10.1 Å². The molecule has 0 aliphatic carbocycles. The summed E-state index contributed by atoms with van der Waals surface area (Å²) in [7, 11) is 1.64. The Morgan fingerprint density at radius 3 is 2.57 bits per heavy atom. The van der Waals surface area contributed by atoms with Gasteiger partial charge in [-0.1, -0.05) is 53.5 Å². The quantitative estimate of drug-likeness (QED) is 0.807. The molecule has 23 heavy (non-hydrogen) atoms. The minimum atomic E-state index is -0.00376. The molecule has 2 aromatic rings. The van der Waals surface area contributed by atoms with Gasteiger partial charge in [0.05, 0.1) is 17.2 Å². The van der Waals surface area contributed by atoms with E-state index in [9.17, 15) is 4.79 Å². The molecule has 0 saturated heterocycles. The maximum Gasteiger partial charge on any atom is 0.220 e. The summed E-state index contributed by atoms with van der Waals surface area (Å²) >= 11 is 12.1. The summed E-state index contributed by atoms with van der Waals surface area (Å²) in [5.74, 6) is 0.836. The number of halogens is 2. The van der Waals surface area contributed by atoms with E-state index in [1.165, 1.54) is 0 Å². The fourth-order valence-corrected chi connectivity index (χ4v) is 2.74. The third-order valence-electron chi connectivity index (χ3n) is 3.56. The molecule has 0 atom stereocenters. The van der Waals surface area contributed by atoms with Crippen LogP contribution in [0.2, 0.25) is 10.0 Å². The number of nitrogens with one attached hydrogen (secondary N) is 1. The van der Waals surface area contributed by atoms with E-state index >= 15 is 0 Å². The molecule has 1 N–H and O–H groups in total. The SMILES string of the molecule is COc1ccccc1CCNC(=O)CCc1cccc(Cl)c1Cl. The summed E-state index contributed by atoms with van der Waals surface area (Å²) in [5, 5.41) is 3.95. The summed E-state index contributed by atoms with van der Waals surface area (Å²) < 4.78 is 5.29. The Morgan fingerprint density at radius 2 is 1.78 bits per heavy atom. The van der Waals surface area contributed by atoms with Crippen LogP contribution in [0, 0.1) is 0 Å². The highest BCUT2D eigenvalue weighted by atomic mass is 35.5. The van der Waals surface area contributed by atoms with E-state index in [-0.39, 0.29) is 5.91 Å². The van der Waals surface area contributed by atoms with Crippen LogP contribution < -0.4 is 10.1 Å². The van der Waals surface area contributed by atoms with Crippen molar-refractivity contribution in [2.45, 2.75) is 19.3 Å².